The third-order valence-corrected chi connectivity index (χ3v) is 5.93. The van der Waals surface area contributed by atoms with Crippen molar-refractivity contribution < 1.29 is 14.0 Å². The molecule has 2 amide bonds. The van der Waals surface area contributed by atoms with Crippen molar-refractivity contribution in [3.05, 3.63) is 69.3 Å². The van der Waals surface area contributed by atoms with Gasteiger partial charge in [0.2, 0.25) is 11.8 Å². The number of anilines is 1. The first-order valence-electron chi connectivity index (χ1n) is 10.4. The van der Waals surface area contributed by atoms with E-state index in [1.807, 2.05) is 43.3 Å². The van der Waals surface area contributed by atoms with E-state index in [0.29, 0.717) is 39.6 Å². The number of carbonyl (C=O) groups excluding carboxylic acids is 2. The summed E-state index contributed by atoms with van der Waals surface area (Å²) in [5.41, 5.74) is 2.01. The van der Waals surface area contributed by atoms with Gasteiger partial charge < -0.3 is 15.1 Å². The molecule has 33 heavy (non-hydrogen) atoms. The van der Waals surface area contributed by atoms with Crippen molar-refractivity contribution in [1.82, 2.24) is 25.1 Å². The summed E-state index contributed by atoms with van der Waals surface area (Å²) in [4.78, 5) is 35.2. The van der Waals surface area contributed by atoms with E-state index in [-0.39, 0.29) is 24.9 Å². The van der Waals surface area contributed by atoms with E-state index < -0.39 is 0 Å². The number of rotatable bonds is 7. The quantitative estimate of drug-likeness (QED) is 0.430. The number of carbonyl (C=O) groups is 2. The van der Waals surface area contributed by atoms with E-state index in [0.717, 1.165) is 10.4 Å². The van der Waals surface area contributed by atoms with Crippen molar-refractivity contribution in [2.75, 3.05) is 5.32 Å². The van der Waals surface area contributed by atoms with E-state index in [9.17, 15) is 9.59 Å². The molecule has 0 atom stereocenters. The second-order valence-electron chi connectivity index (χ2n) is 7.61. The highest BCUT2D eigenvalue weighted by Crippen LogP contribution is 2.25. The van der Waals surface area contributed by atoms with Crippen LogP contribution in [0.3, 0.4) is 0 Å². The summed E-state index contributed by atoms with van der Waals surface area (Å²) in [5.74, 6) is 1.99. The van der Waals surface area contributed by atoms with E-state index in [4.69, 9.17) is 4.42 Å². The lowest BCUT2D eigenvalue weighted by atomic mass is 10.2. The number of amides is 2. The molecule has 0 saturated heterocycles. The molecule has 4 aromatic rings. The van der Waals surface area contributed by atoms with Crippen LogP contribution in [-0.4, -0.2) is 31.6 Å². The molecule has 4 rings (SSSR count). The Hall–Kier alpha value is -3.79. The van der Waals surface area contributed by atoms with Crippen molar-refractivity contribution in [3.8, 4) is 11.5 Å². The van der Waals surface area contributed by atoms with Crippen LogP contribution in [0.2, 0.25) is 0 Å². The molecule has 0 unspecified atom stereocenters. The van der Waals surface area contributed by atoms with Crippen molar-refractivity contribution in [2.45, 2.75) is 40.8 Å². The number of thiophene rings is 1. The SMILES string of the molecule is Cc1nc(C)n(CC(=O)NCc2nc(-c3cccc(NC(=O)c4ccc(C)s4)c3)oc2C)n1. The molecule has 0 aliphatic rings. The van der Waals surface area contributed by atoms with E-state index in [2.05, 4.69) is 25.7 Å². The molecule has 10 heteroatoms. The Labute approximate surface area is 194 Å². The Morgan fingerprint density at radius 1 is 1.09 bits per heavy atom. The Kier molecular flexibility index (Phi) is 6.36. The van der Waals surface area contributed by atoms with Crippen LogP contribution in [0.4, 0.5) is 5.69 Å². The second kappa shape index (κ2) is 9.37. The molecule has 3 aromatic heterocycles. The molecule has 0 aliphatic heterocycles. The summed E-state index contributed by atoms with van der Waals surface area (Å²) >= 11 is 1.44. The summed E-state index contributed by atoms with van der Waals surface area (Å²) in [6.07, 6.45) is 0. The van der Waals surface area contributed by atoms with Crippen LogP contribution >= 0.6 is 11.3 Å². The molecule has 0 radical (unpaired) electrons. The van der Waals surface area contributed by atoms with Crippen LogP contribution in [0.1, 0.15) is 37.7 Å². The molecule has 2 N–H and O–H groups in total. The van der Waals surface area contributed by atoms with Gasteiger partial charge in [0.1, 0.15) is 29.6 Å². The molecule has 1 aromatic carbocycles. The normalized spacial score (nSPS) is 10.9. The van der Waals surface area contributed by atoms with Gasteiger partial charge in [-0.1, -0.05) is 6.07 Å². The second-order valence-corrected chi connectivity index (χ2v) is 8.90. The Balaban J connectivity index is 1.41. The van der Waals surface area contributed by atoms with Gasteiger partial charge in [-0.2, -0.15) is 5.10 Å². The molecule has 170 valence electrons. The lowest BCUT2D eigenvalue weighted by Gasteiger charge is -2.05. The average Bonchev–Trinajstić information content (AvgIpc) is 3.45. The van der Waals surface area contributed by atoms with Crippen LogP contribution < -0.4 is 10.6 Å². The van der Waals surface area contributed by atoms with Gasteiger partial charge in [-0.25, -0.2) is 14.6 Å². The van der Waals surface area contributed by atoms with Crippen LogP contribution in [-0.2, 0) is 17.9 Å². The van der Waals surface area contributed by atoms with Crippen LogP contribution in [0.15, 0.2) is 40.8 Å². The first-order chi connectivity index (χ1) is 15.8. The number of aromatic nitrogens is 4. The lowest BCUT2D eigenvalue weighted by Crippen LogP contribution is -2.28. The topological polar surface area (TPSA) is 115 Å². The van der Waals surface area contributed by atoms with Gasteiger partial charge >= 0.3 is 0 Å². The number of aryl methyl sites for hydroxylation is 4. The summed E-state index contributed by atoms with van der Waals surface area (Å²) in [6, 6.07) is 11.0. The van der Waals surface area contributed by atoms with Gasteiger partial charge in [0.25, 0.3) is 5.91 Å². The standard InChI is InChI=1S/C23H24N6O3S/c1-13-8-9-20(33-13)22(31)26-18-7-5-6-17(10-18)23-27-19(14(2)32-23)11-24-21(30)12-29-16(4)25-15(3)28-29/h5-10H,11-12H2,1-4H3,(H,24,30)(H,26,31). The number of hydrogen-bond acceptors (Lipinski definition) is 7. The monoisotopic (exact) mass is 464 g/mol. The minimum atomic E-state index is -0.194. The fraction of sp³-hybridized carbons (Fsp3) is 0.261. The van der Waals surface area contributed by atoms with Crippen molar-refractivity contribution in [3.63, 3.8) is 0 Å². The van der Waals surface area contributed by atoms with Crippen LogP contribution in [0.5, 0.6) is 0 Å². The highest BCUT2D eigenvalue weighted by atomic mass is 32.1. The van der Waals surface area contributed by atoms with Crippen molar-refractivity contribution in [2.24, 2.45) is 0 Å². The molecule has 9 nitrogen and oxygen atoms in total. The molecule has 0 bridgehead atoms. The number of benzene rings is 1. The maximum Gasteiger partial charge on any atom is 0.265 e. The van der Waals surface area contributed by atoms with Gasteiger partial charge in [0, 0.05) is 16.1 Å². The Morgan fingerprint density at radius 2 is 1.91 bits per heavy atom. The molecular weight excluding hydrogens is 440 g/mol. The minimum absolute atomic E-state index is 0.0853. The third-order valence-electron chi connectivity index (χ3n) is 4.93. The maximum atomic E-state index is 12.4. The van der Waals surface area contributed by atoms with Gasteiger partial charge in [-0.15, -0.1) is 11.3 Å². The summed E-state index contributed by atoms with van der Waals surface area (Å²) in [6.45, 7) is 7.67. The number of nitrogens with one attached hydrogen (secondary N) is 2. The lowest BCUT2D eigenvalue weighted by molar-refractivity contribution is -0.122. The number of hydrogen-bond donors (Lipinski definition) is 2. The van der Waals surface area contributed by atoms with Crippen molar-refractivity contribution >= 4 is 28.8 Å². The largest absolute Gasteiger partial charge is 0.441 e. The summed E-state index contributed by atoms with van der Waals surface area (Å²) in [5, 5.41) is 9.94. The molecule has 0 saturated carbocycles. The van der Waals surface area contributed by atoms with E-state index >= 15 is 0 Å². The van der Waals surface area contributed by atoms with Crippen LogP contribution in [0.25, 0.3) is 11.5 Å². The fourth-order valence-electron chi connectivity index (χ4n) is 3.28. The third kappa shape index (κ3) is 5.35. The van der Waals surface area contributed by atoms with E-state index in [1.165, 1.54) is 11.3 Å². The van der Waals surface area contributed by atoms with Gasteiger partial charge in [0.05, 0.1) is 11.4 Å². The average molecular weight is 465 g/mol. The highest BCUT2D eigenvalue weighted by Gasteiger charge is 2.15. The predicted molar refractivity (Wildman–Crippen MR) is 125 cm³/mol. The molecule has 0 aliphatic carbocycles. The van der Waals surface area contributed by atoms with Crippen molar-refractivity contribution in [1.29, 1.82) is 0 Å². The predicted octanol–water partition coefficient (Wildman–Crippen LogP) is 3.80. The van der Waals surface area contributed by atoms with Crippen LogP contribution in [0, 0.1) is 27.7 Å². The molecule has 0 spiro atoms. The molecule has 0 fully saturated rings. The minimum Gasteiger partial charge on any atom is -0.441 e. The molecule has 3 heterocycles. The Bertz CT molecular complexity index is 1320. The zero-order valence-corrected chi connectivity index (χ0v) is 19.6. The maximum absolute atomic E-state index is 12.4. The smallest absolute Gasteiger partial charge is 0.265 e. The Morgan fingerprint density at radius 3 is 2.61 bits per heavy atom. The highest BCUT2D eigenvalue weighted by molar-refractivity contribution is 7.14. The van der Waals surface area contributed by atoms with Gasteiger partial charge in [-0.05, 0) is 58.0 Å². The fourth-order valence-corrected chi connectivity index (χ4v) is 4.04. The zero-order valence-electron chi connectivity index (χ0n) is 18.8. The first-order valence-corrected chi connectivity index (χ1v) is 11.2. The number of oxazole rings is 1. The van der Waals surface area contributed by atoms with Gasteiger partial charge in [-0.3, -0.25) is 9.59 Å². The summed E-state index contributed by atoms with van der Waals surface area (Å²) in [7, 11) is 0. The van der Waals surface area contributed by atoms with Gasteiger partial charge in [0.15, 0.2) is 0 Å². The molecular formula is C23H24N6O3S. The summed E-state index contributed by atoms with van der Waals surface area (Å²) < 4.78 is 7.38. The van der Waals surface area contributed by atoms with E-state index in [1.54, 1.807) is 25.5 Å². The zero-order chi connectivity index (χ0) is 23.5. The first kappa shape index (κ1) is 22.4. The number of nitrogens with zero attached hydrogens (tertiary/aromatic N) is 4.